The van der Waals surface area contributed by atoms with E-state index in [9.17, 15) is 4.79 Å². The second kappa shape index (κ2) is 5.66. The monoisotopic (exact) mass is 341 g/mol. The summed E-state index contributed by atoms with van der Waals surface area (Å²) in [6, 6.07) is 15.1. The van der Waals surface area contributed by atoms with Crippen LogP contribution in [-0.4, -0.2) is 10.8 Å². The molecule has 0 fully saturated rings. The van der Waals surface area contributed by atoms with Crippen LogP contribution in [0.25, 0.3) is 10.9 Å². The summed E-state index contributed by atoms with van der Waals surface area (Å²) in [4.78, 5) is 15.7. The highest BCUT2D eigenvalue weighted by molar-refractivity contribution is 9.10. The zero-order valence-electron chi connectivity index (χ0n) is 11.3. The van der Waals surface area contributed by atoms with Crippen LogP contribution in [0, 0.1) is 0 Å². The van der Waals surface area contributed by atoms with Crippen molar-refractivity contribution in [2.24, 2.45) is 0 Å². The predicted octanol–water partition coefficient (Wildman–Crippen LogP) is 4.99. The molecule has 104 valence electrons. The van der Waals surface area contributed by atoms with E-state index in [1.807, 2.05) is 30.3 Å². The van der Waals surface area contributed by atoms with Crippen molar-refractivity contribution in [1.29, 1.82) is 0 Å². The molecule has 4 heteroatoms. The molecular formula is C17H12BrNO2. The molecule has 0 aliphatic carbocycles. The maximum absolute atomic E-state index is 11.3. The average molecular weight is 342 g/mol. The van der Waals surface area contributed by atoms with Gasteiger partial charge in [0.25, 0.3) is 0 Å². The second-order valence-corrected chi connectivity index (χ2v) is 5.52. The van der Waals surface area contributed by atoms with Crippen LogP contribution in [-0.2, 0) is 0 Å². The van der Waals surface area contributed by atoms with Crippen LogP contribution in [0.2, 0.25) is 0 Å². The lowest BCUT2D eigenvalue weighted by Crippen LogP contribution is -1.93. The maximum Gasteiger partial charge on any atom is 0.159 e. The molecule has 1 heterocycles. The third kappa shape index (κ3) is 2.95. The molecule has 0 aliphatic heterocycles. The largest absolute Gasteiger partial charge is 0.455 e. The highest BCUT2D eigenvalue weighted by Gasteiger charge is 2.07. The molecule has 3 aromatic rings. The number of rotatable bonds is 3. The number of nitrogens with zero attached hydrogens (tertiary/aromatic N) is 1. The number of aromatic nitrogens is 1. The minimum Gasteiger partial charge on any atom is -0.455 e. The fourth-order valence-corrected chi connectivity index (χ4v) is 2.50. The maximum atomic E-state index is 11.3. The van der Waals surface area contributed by atoms with Gasteiger partial charge in [-0.25, -0.2) is 0 Å². The fourth-order valence-electron chi connectivity index (χ4n) is 2.04. The molecule has 3 rings (SSSR count). The topological polar surface area (TPSA) is 39.2 Å². The molecule has 0 saturated heterocycles. The Kier molecular flexibility index (Phi) is 3.71. The first kappa shape index (κ1) is 13.8. The van der Waals surface area contributed by atoms with Crippen molar-refractivity contribution in [1.82, 2.24) is 4.98 Å². The van der Waals surface area contributed by atoms with Crippen molar-refractivity contribution in [2.45, 2.75) is 6.92 Å². The Bertz CT molecular complexity index is 830. The molecule has 0 saturated carbocycles. The number of benzene rings is 2. The van der Waals surface area contributed by atoms with Gasteiger partial charge >= 0.3 is 0 Å². The van der Waals surface area contributed by atoms with E-state index in [1.165, 1.54) is 6.92 Å². The summed E-state index contributed by atoms with van der Waals surface area (Å²) in [7, 11) is 0. The number of halogens is 1. The minimum atomic E-state index is 0.0228. The SMILES string of the molecule is CC(=O)c1ccc(Oc2cnc3ccccc3c2)c(Br)c1. The van der Waals surface area contributed by atoms with Crippen LogP contribution in [0.1, 0.15) is 17.3 Å². The number of carbonyl (C=O) groups excluding carboxylic acids is 1. The summed E-state index contributed by atoms with van der Waals surface area (Å²) < 4.78 is 6.57. The molecule has 0 aliphatic rings. The first-order chi connectivity index (χ1) is 10.1. The van der Waals surface area contributed by atoms with E-state index in [4.69, 9.17) is 4.74 Å². The molecule has 0 N–H and O–H groups in total. The number of ketones is 1. The molecule has 0 unspecified atom stereocenters. The van der Waals surface area contributed by atoms with Crippen molar-refractivity contribution >= 4 is 32.6 Å². The molecule has 0 bridgehead atoms. The fraction of sp³-hybridized carbons (Fsp3) is 0.0588. The highest BCUT2D eigenvalue weighted by Crippen LogP contribution is 2.31. The van der Waals surface area contributed by atoms with Gasteiger partial charge in [0.15, 0.2) is 5.78 Å². The third-order valence-corrected chi connectivity index (χ3v) is 3.75. The summed E-state index contributed by atoms with van der Waals surface area (Å²) in [5, 5.41) is 1.02. The van der Waals surface area contributed by atoms with Gasteiger partial charge in [-0.2, -0.15) is 0 Å². The number of carbonyl (C=O) groups is 1. The Morgan fingerprint density at radius 2 is 1.95 bits per heavy atom. The summed E-state index contributed by atoms with van der Waals surface area (Å²) in [5.41, 5.74) is 1.57. The molecule has 1 aromatic heterocycles. The van der Waals surface area contributed by atoms with Gasteiger partial charge in [0.1, 0.15) is 11.5 Å². The first-order valence-corrected chi connectivity index (χ1v) is 7.26. The predicted molar refractivity (Wildman–Crippen MR) is 86.0 cm³/mol. The molecule has 0 amide bonds. The van der Waals surface area contributed by atoms with Crippen LogP contribution in [0.15, 0.2) is 59.2 Å². The Labute approximate surface area is 130 Å². The Morgan fingerprint density at radius 1 is 1.14 bits per heavy atom. The quantitative estimate of drug-likeness (QED) is 0.630. The summed E-state index contributed by atoms with van der Waals surface area (Å²) in [6.07, 6.45) is 1.69. The Balaban J connectivity index is 1.93. The number of hydrogen-bond donors (Lipinski definition) is 0. The van der Waals surface area contributed by atoms with E-state index in [0.717, 1.165) is 15.4 Å². The lowest BCUT2D eigenvalue weighted by Gasteiger charge is -2.09. The summed E-state index contributed by atoms with van der Waals surface area (Å²) in [5.74, 6) is 1.33. The van der Waals surface area contributed by atoms with Crippen molar-refractivity contribution in [3.05, 3.63) is 64.8 Å². The van der Waals surface area contributed by atoms with Crippen LogP contribution < -0.4 is 4.74 Å². The molecule has 2 aromatic carbocycles. The van der Waals surface area contributed by atoms with Crippen LogP contribution in [0.3, 0.4) is 0 Å². The van der Waals surface area contributed by atoms with Crippen LogP contribution in [0.5, 0.6) is 11.5 Å². The van der Waals surface area contributed by atoms with Gasteiger partial charge in [-0.15, -0.1) is 0 Å². The van der Waals surface area contributed by atoms with Crippen molar-refractivity contribution in [3.63, 3.8) is 0 Å². The van der Waals surface area contributed by atoms with E-state index >= 15 is 0 Å². The van der Waals surface area contributed by atoms with Crippen molar-refractivity contribution in [3.8, 4) is 11.5 Å². The number of hydrogen-bond acceptors (Lipinski definition) is 3. The van der Waals surface area contributed by atoms with Gasteiger partial charge in [-0.1, -0.05) is 18.2 Å². The van der Waals surface area contributed by atoms with Crippen molar-refractivity contribution < 1.29 is 9.53 Å². The Hall–Kier alpha value is -2.20. The second-order valence-electron chi connectivity index (χ2n) is 4.67. The zero-order chi connectivity index (χ0) is 14.8. The number of pyridine rings is 1. The lowest BCUT2D eigenvalue weighted by molar-refractivity contribution is 0.101. The number of ether oxygens (including phenoxy) is 1. The molecule has 0 spiro atoms. The van der Waals surface area contributed by atoms with E-state index in [2.05, 4.69) is 20.9 Å². The summed E-state index contributed by atoms with van der Waals surface area (Å²) in [6.45, 7) is 1.54. The zero-order valence-corrected chi connectivity index (χ0v) is 12.9. The first-order valence-electron chi connectivity index (χ1n) is 6.46. The third-order valence-electron chi connectivity index (χ3n) is 3.13. The Morgan fingerprint density at radius 3 is 2.71 bits per heavy atom. The molecule has 0 atom stereocenters. The van der Waals surface area contributed by atoms with Gasteiger partial charge in [0.05, 0.1) is 16.2 Å². The van der Waals surface area contributed by atoms with Crippen LogP contribution in [0.4, 0.5) is 0 Å². The van der Waals surface area contributed by atoms with E-state index in [1.54, 1.807) is 24.4 Å². The highest BCUT2D eigenvalue weighted by atomic mass is 79.9. The van der Waals surface area contributed by atoms with E-state index in [0.29, 0.717) is 17.1 Å². The molecule has 3 nitrogen and oxygen atoms in total. The van der Waals surface area contributed by atoms with Gasteiger partial charge in [0.2, 0.25) is 0 Å². The summed E-state index contributed by atoms with van der Waals surface area (Å²) >= 11 is 3.43. The smallest absolute Gasteiger partial charge is 0.159 e. The van der Waals surface area contributed by atoms with Gasteiger partial charge in [0, 0.05) is 10.9 Å². The number of Topliss-reactive ketones (excluding diaryl/α,β-unsaturated/α-hetero) is 1. The normalized spacial score (nSPS) is 10.6. The molecular weight excluding hydrogens is 330 g/mol. The minimum absolute atomic E-state index is 0.0228. The van der Waals surface area contributed by atoms with Gasteiger partial charge < -0.3 is 4.74 Å². The van der Waals surface area contributed by atoms with Gasteiger partial charge in [-0.05, 0) is 53.2 Å². The van der Waals surface area contributed by atoms with Crippen molar-refractivity contribution in [2.75, 3.05) is 0 Å². The molecule has 21 heavy (non-hydrogen) atoms. The molecule has 0 radical (unpaired) electrons. The average Bonchev–Trinajstić information content (AvgIpc) is 2.49. The number of para-hydroxylation sites is 1. The van der Waals surface area contributed by atoms with Crippen LogP contribution >= 0.6 is 15.9 Å². The number of fused-ring (bicyclic) bond motifs is 1. The standard InChI is InChI=1S/C17H12BrNO2/c1-11(20)12-6-7-17(15(18)9-12)21-14-8-13-4-2-3-5-16(13)19-10-14/h2-10H,1H3. The van der Waals surface area contributed by atoms with E-state index < -0.39 is 0 Å². The van der Waals surface area contributed by atoms with Gasteiger partial charge in [-0.3, -0.25) is 9.78 Å². The van der Waals surface area contributed by atoms with E-state index in [-0.39, 0.29) is 5.78 Å². The lowest BCUT2D eigenvalue weighted by atomic mass is 10.1.